The number of carbonyl (C=O) groups is 1. The molecule has 3 nitrogen and oxygen atoms in total. The maximum atomic E-state index is 11.0. The third kappa shape index (κ3) is 1.21. The number of hydrogen-bond acceptors (Lipinski definition) is 2. The van der Waals surface area contributed by atoms with E-state index in [0.717, 1.165) is 12.8 Å². The molecule has 0 radical (unpaired) electrons. The van der Waals surface area contributed by atoms with Gasteiger partial charge in [0.1, 0.15) is 0 Å². The summed E-state index contributed by atoms with van der Waals surface area (Å²) in [5, 5.41) is 0. The van der Waals surface area contributed by atoms with Gasteiger partial charge in [0.25, 0.3) is 0 Å². The zero-order valence-corrected chi connectivity index (χ0v) is 5.82. The molecule has 0 heterocycles. The molecule has 0 spiro atoms. The van der Waals surface area contributed by atoms with Crippen molar-refractivity contribution in [2.24, 2.45) is 5.41 Å². The molecular weight excluding hydrogens is 116 g/mol. The average molecular weight is 128 g/mol. The van der Waals surface area contributed by atoms with Crippen molar-refractivity contribution in [3.63, 3.8) is 0 Å². The Labute approximate surface area is 54.8 Å². The molecule has 0 bridgehead atoms. The summed E-state index contributed by atoms with van der Waals surface area (Å²) in [4.78, 5) is 11.0. The second-order valence-corrected chi connectivity index (χ2v) is 2.76. The van der Waals surface area contributed by atoms with E-state index in [4.69, 9.17) is 0 Å². The topological polar surface area (TPSA) is 41.1 Å². The molecule has 1 saturated carbocycles. The Kier molecular flexibility index (Phi) is 1.45. The minimum absolute atomic E-state index is 0.0526. The van der Waals surface area contributed by atoms with Gasteiger partial charge >= 0.3 is 0 Å². The Hall–Kier alpha value is -0.570. The fourth-order valence-electron chi connectivity index (χ4n) is 0.679. The quantitative estimate of drug-likeness (QED) is 0.515. The van der Waals surface area contributed by atoms with Gasteiger partial charge in [0.15, 0.2) is 0 Å². The standard InChI is InChI=1S/C6H12N2O/c1-6(3-4-6)5(9)8-7-2/h7H,3-4H2,1-2H3,(H,8,9). The molecule has 0 aliphatic heterocycles. The lowest BCUT2D eigenvalue weighted by Gasteiger charge is -2.06. The van der Waals surface area contributed by atoms with Gasteiger partial charge in [0.2, 0.25) is 5.91 Å². The van der Waals surface area contributed by atoms with E-state index in [1.54, 1.807) is 7.05 Å². The lowest BCUT2D eigenvalue weighted by Crippen LogP contribution is -2.38. The fourth-order valence-corrected chi connectivity index (χ4v) is 0.679. The second kappa shape index (κ2) is 1.99. The van der Waals surface area contributed by atoms with Gasteiger partial charge in [-0.3, -0.25) is 10.2 Å². The van der Waals surface area contributed by atoms with Gasteiger partial charge < -0.3 is 0 Å². The average Bonchev–Trinajstić information content (AvgIpc) is 2.50. The van der Waals surface area contributed by atoms with E-state index >= 15 is 0 Å². The van der Waals surface area contributed by atoms with E-state index in [1.807, 2.05) is 6.92 Å². The molecule has 1 amide bonds. The summed E-state index contributed by atoms with van der Waals surface area (Å²) in [6.45, 7) is 1.97. The van der Waals surface area contributed by atoms with Crippen LogP contribution < -0.4 is 10.9 Å². The molecule has 9 heavy (non-hydrogen) atoms. The first-order valence-corrected chi connectivity index (χ1v) is 3.16. The fraction of sp³-hybridized carbons (Fsp3) is 0.833. The highest BCUT2D eigenvalue weighted by molar-refractivity contribution is 5.84. The summed E-state index contributed by atoms with van der Waals surface area (Å²) >= 11 is 0. The molecule has 0 saturated heterocycles. The molecule has 0 aromatic carbocycles. The zero-order chi connectivity index (χ0) is 6.91. The van der Waals surface area contributed by atoms with Crippen LogP contribution in [-0.4, -0.2) is 13.0 Å². The van der Waals surface area contributed by atoms with Gasteiger partial charge in [-0.2, -0.15) is 0 Å². The smallest absolute Gasteiger partial charge is 0.240 e. The van der Waals surface area contributed by atoms with Crippen molar-refractivity contribution in [1.29, 1.82) is 0 Å². The first-order chi connectivity index (χ1) is 4.19. The van der Waals surface area contributed by atoms with Crippen LogP contribution in [0.2, 0.25) is 0 Å². The highest BCUT2D eigenvalue weighted by atomic mass is 16.2. The van der Waals surface area contributed by atoms with Crippen LogP contribution in [0.1, 0.15) is 19.8 Å². The number of hydrogen-bond donors (Lipinski definition) is 2. The summed E-state index contributed by atoms with van der Waals surface area (Å²) in [5.41, 5.74) is 5.12. The highest BCUT2D eigenvalue weighted by Gasteiger charge is 2.44. The van der Waals surface area contributed by atoms with Crippen molar-refractivity contribution >= 4 is 5.91 Å². The molecule has 1 aliphatic rings. The van der Waals surface area contributed by atoms with Crippen LogP contribution in [0.5, 0.6) is 0 Å². The molecule has 0 atom stereocenters. The minimum Gasteiger partial charge on any atom is -0.291 e. The van der Waals surface area contributed by atoms with Crippen LogP contribution >= 0.6 is 0 Å². The predicted octanol–water partition coefficient (Wildman–Crippen LogP) is 0.0371. The molecule has 1 aliphatic carbocycles. The monoisotopic (exact) mass is 128 g/mol. The van der Waals surface area contributed by atoms with Crippen LogP contribution in [0.25, 0.3) is 0 Å². The first-order valence-electron chi connectivity index (χ1n) is 3.16. The first kappa shape index (κ1) is 6.55. The molecule has 0 aromatic rings. The Morgan fingerprint density at radius 3 is 2.44 bits per heavy atom. The summed E-state index contributed by atoms with van der Waals surface area (Å²) in [7, 11) is 1.70. The van der Waals surface area contributed by atoms with E-state index in [9.17, 15) is 4.79 Å². The minimum atomic E-state index is -0.0526. The Morgan fingerprint density at radius 2 is 2.11 bits per heavy atom. The second-order valence-electron chi connectivity index (χ2n) is 2.76. The van der Waals surface area contributed by atoms with Gasteiger partial charge in [0, 0.05) is 12.5 Å². The van der Waals surface area contributed by atoms with Crippen molar-refractivity contribution in [3.8, 4) is 0 Å². The third-order valence-corrected chi connectivity index (χ3v) is 1.79. The van der Waals surface area contributed by atoms with Crippen LogP contribution in [0.15, 0.2) is 0 Å². The maximum absolute atomic E-state index is 11.0. The number of amides is 1. The van der Waals surface area contributed by atoms with Gasteiger partial charge in [-0.25, -0.2) is 5.43 Å². The van der Waals surface area contributed by atoms with Gasteiger partial charge in [-0.15, -0.1) is 0 Å². The largest absolute Gasteiger partial charge is 0.291 e. The van der Waals surface area contributed by atoms with Crippen molar-refractivity contribution in [3.05, 3.63) is 0 Å². The Balaban J connectivity index is 2.34. The van der Waals surface area contributed by atoms with Crippen LogP contribution in [0.4, 0.5) is 0 Å². The normalized spacial score (nSPS) is 21.1. The molecule has 1 fully saturated rings. The highest BCUT2D eigenvalue weighted by Crippen LogP contribution is 2.44. The third-order valence-electron chi connectivity index (χ3n) is 1.79. The molecular formula is C6H12N2O. The van der Waals surface area contributed by atoms with E-state index < -0.39 is 0 Å². The van der Waals surface area contributed by atoms with E-state index in [-0.39, 0.29) is 11.3 Å². The maximum Gasteiger partial charge on any atom is 0.240 e. The molecule has 2 N–H and O–H groups in total. The van der Waals surface area contributed by atoms with Crippen molar-refractivity contribution in [2.45, 2.75) is 19.8 Å². The zero-order valence-electron chi connectivity index (χ0n) is 5.82. The Morgan fingerprint density at radius 1 is 1.56 bits per heavy atom. The van der Waals surface area contributed by atoms with Gasteiger partial charge in [0.05, 0.1) is 0 Å². The SMILES string of the molecule is CNNC(=O)C1(C)CC1. The van der Waals surface area contributed by atoms with Crippen LogP contribution in [0.3, 0.4) is 0 Å². The van der Waals surface area contributed by atoms with Crippen molar-refractivity contribution in [2.75, 3.05) is 7.05 Å². The predicted molar refractivity (Wildman–Crippen MR) is 34.5 cm³/mol. The molecule has 0 unspecified atom stereocenters. The van der Waals surface area contributed by atoms with Crippen molar-refractivity contribution in [1.82, 2.24) is 10.9 Å². The summed E-state index contributed by atoms with van der Waals surface area (Å²) in [5.74, 6) is 0.116. The van der Waals surface area contributed by atoms with E-state index in [1.165, 1.54) is 0 Å². The van der Waals surface area contributed by atoms with Crippen molar-refractivity contribution < 1.29 is 4.79 Å². The number of hydrazine groups is 1. The van der Waals surface area contributed by atoms with Gasteiger partial charge in [-0.1, -0.05) is 6.92 Å². The van der Waals surface area contributed by atoms with Crippen LogP contribution in [0, 0.1) is 5.41 Å². The number of carbonyl (C=O) groups excluding carboxylic acids is 1. The van der Waals surface area contributed by atoms with Gasteiger partial charge in [-0.05, 0) is 12.8 Å². The Bertz CT molecular complexity index is 129. The number of rotatable bonds is 2. The molecule has 3 heteroatoms. The van der Waals surface area contributed by atoms with E-state index in [0.29, 0.717) is 0 Å². The number of nitrogens with one attached hydrogen (secondary N) is 2. The van der Waals surface area contributed by atoms with E-state index in [2.05, 4.69) is 10.9 Å². The summed E-state index contributed by atoms with van der Waals surface area (Å²) in [6, 6.07) is 0. The lowest BCUT2D eigenvalue weighted by molar-refractivity contribution is -0.126. The molecule has 1 rings (SSSR count). The lowest BCUT2D eigenvalue weighted by atomic mass is 10.1. The summed E-state index contributed by atoms with van der Waals surface area (Å²) < 4.78 is 0. The molecule has 52 valence electrons. The summed E-state index contributed by atoms with van der Waals surface area (Å²) in [6.07, 6.45) is 2.06. The molecule has 0 aromatic heterocycles. The van der Waals surface area contributed by atoms with Crippen LogP contribution in [-0.2, 0) is 4.79 Å².